The van der Waals surface area contributed by atoms with E-state index in [9.17, 15) is 9.59 Å². The van der Waals surface area contributed by atoms with Crippen LogP contribution in [0.2, 0.25) is 0 Å². The van der Waals surface area contributed by atoms with Crippen molar-refractivity contribution in [3.63, 3.8) is 0 Å². The van der Waals surface area contributed by atoms with Crippen LogP contribution in [0, 0.1) is 0 Å². The predicted molar refractivity (Wildman–Crippen MR) is 129 cm³/mol. The molecule has 3 N–H and O–H groups in total. The molecular weight excluding hydrogens is 463 g/mol. The van der Waals surface area contributed by atoms with E-state index in [1.165, 1.54) is 0 Å². The van der Waals surface area contributed by atoms with Crippen LogP contribution in [0.25, 0.3) is 0 Å². The van der Waals surface area contributed by atoms with Gasteiger partial charge in [0, 0.05) is 30.1 Å². The number of benzene rings is 2. The molecule has 1 aliphatic rings. The van der Waals surface area contributed by atoms with Gasteiger partial charge in [-0.1, -0.05) is 59.2 Å². The molecule has 33 heavy (non-hydrogen) atoms. The summed E-state index contributed by atoms with van der Waals surface area (Å²) >= 11 is 6.67. The summed E-state index contributed by atoms with van der Waals surface area (Å²) in [7, 11) is 0. The van der Waals surface area contributed by atoms with Crippen molar-refractivity contribution in [1.82, 2.24) is 4.98 Å². The van der Waals surface area contributed by atoms with Crippen LogP contribution in [0.3, 0.4) is 0 Å². The topological polar surface area (TPSA) is 107 Å². The Morgan fingerprint density at radius 2 is 1.76 bits per heavy atom. The van der Waals surface area contributed by atoms with E-state index in [1.54, 1.807) is 60.9 Å². The van der Waals surface area contributed by atoms with Gasteiger partial charge in [0.25, 0.3) is 0 Å². The number of halogens is 2. The monoisotopic (exact) mass is 484 g/mol. The number of pyridine rings is 1. The average molecular weight is 485 g/mol. The first kappa shape index (κ1) is 24.2. The number of rotatable bonds is 7. The van der Waals surface area contributed by atoms with E-state index >= 15 is 0 Å². The molecule has 2 amide bonds. The lowest BCUT2D eigenvalue weighted by molar-refractivity contribution is -0.120. The molecule has 1 aromatic heterocycles. The quantitative estimate of drug-likeness (QED) is 0.494. The minimum absolute atomic E-state index is 0. The van der Waals surface area contributed by atoms with E-state index < -0.39 is 10.8 Å². The molecule has 1 aliphatic heterocycles. The highest BCUT2D eigenvalue weighted by atomic mass is 35.5. The Morgan fingerprint density at radius 3 is 2.39 bits per heavy atom. The molecule has 0 fully saturated rings. The summed E-state index contributed by atoms with van der Waals surface area (Å²) in [6, 6.07) is 19.4. The van der Waals surface area contributed by atoms with Crippen molar-refractivity contribution in [3.8, 4) is 0 Å². The van der Waals surface area contributed by atoms with Gasteiger partial charge < -0.3 is 15.9 Å². The number of hydrogen-bond acceptors (Lipinski definition) is 5. The lowest BCUT2D eigenvalue weighted by Crippen LogP contribution is -2.37. The summed E-state index contributed by atoms with van der Waals surface area (Å²) < 4.78 is 0. The summed E-state index contributed by atoms with van der Waals surface area (Å²) in [5.41, 5.74) is 8.94. The molecule has 2 unspecified atom stereocenters. The van der Waals surface area contributed by atoms with Gasteiger partial charge in [-0.05, 0) is 35.4 Å². The van der Waals surface area contributed by atoms with Crippen LogP contribution in [-0.2, 0) is 19.3 Å². The molecule has 7 nitrogen and oxygen atoms in total. The Labute approximate surface area is 202 Å². The molecule has 2 heterocycles. The summed E-state index contributed by atoms with van der Waals surface area (Å²) in [6.07, 6.45) is 3.74. The predicted octanol–water partition coefficient (Wildman–Crippen LogP) is 3.99. The first-order valence-electron chi connectivity index (χ1n) is 10.0. The van der Waals surface area contributed by atoms with E-state index in [4.69, 9.17) is 22.2 Å². The number of aromatic nitrogens is 1. The fraction of sp³-hybridized carbons (Fsp3) is 0.167. The highest BCUT2D eigenvalue weighted by molar-refractivity contribution is 6.36. The number of alkyl halides is 1. The largest absolute Gasteiger partial charge is 0.391 e. The van der Waals surface area contributed by atoms with Crippen LogP contribution in [0.5, 0.6) is 0 Å². The third kappa shape index (κ3) is 5.32. The number of amides is 2. The molecule has 3 aromatic rings. The van der Waals surface area contributed by atoms with Crippen molar-refractivity contribution in [3.05, 3.63) is 95.8 Å². The maximum absolute atomic E-state index is 12.5. The molecule has 0 bridgehead atoms. The van der Waals surface area contributed by atoms with Crippen LogP contribution >= 0.6 is 24.0 Å². The third-order valence-electron chi connectivity index (χ3n) is 5.22. The van der Waals surface area contributed by atoms with Crippen LogP contribution < -0.4 is 11.1 Å². The van der Waals surface area contributed by atoms with Gasteiger partial charge >= 0.3 is 0 Å². The van der Waals surface area contributed by atoms with Crippen LogP contribution in [0.15, 0.2) is 84.3 Å². The van der Waals surface area contributed by atoms with Crippen LogP contribution in [-0.4, -0.2) is 28.6 Å². The van der Waals surface area contributed by atoms with Gasteiger partial charge in [0.1, 0.15) is 6.10 Å². The molecule has 170 valence electrons. The fourth-order valence-electron chi connectivity index (χ4n) is 3.56. The molecular formula is C24H22Cl2N4O3. The summed E-state index contributed by atoms with van der Waals surface area (Å²) in [5, 5.41) is 6.90. The van der Waals surface area contributed by atoms with Crippen molar-refractivity contribution < 1.29 is 14.4 Å². The van der Waals surface area contributed by atoms with Crippen LogP contribution in [0.1, 0.15) is 29.5 Å². The van der Waals surface area contributed by atoms with E-state index in [2.05, 4.69) is 15.5 Å². The molecule has 0 aliphatic carbocycles. The number of nitrogens with one attached hydrogen (secondary N) is 1. The smallest absolute Gasteiger partial charge is 0.247 e. The van der Waals surface area contributed by atoms with E-state index in [0.717, 1.165) is 11.3 Å². The Hall–Kier alpha value is -3.42. The number of carbonyl (C=O) groups excluding carboxylic acids is 2. The Kier molecular flexibility index (Phi) is 7.68. The van der Waals surface area contributed by atoms with Gasteiger partial charge in [-0.3, -0.25) is 14.6 Å². The number of nitrogens with two attached hydrogens (primary N) is 1. The lowest BCUT2D eigenvalue weighted by Gasteiger charge is -2.25. The molecule has 4 rings (SSSR count). The van der Waals surface area contributed by atoms with Crippen molar-refractivity contribution in [1.29, 1.82) is 0 Å². The first-order valence-corrected chi connectivity index (χ1v) is 10.4. The van der Waals surface area contributed by atoms with E-state index in [-0.39, 0.29) is 30.8 Å². The maximum atomic E-state index is 12.5. The fourth-order valence-corrected chi connectivity index (χ4v) is 3.81. The molecule has 0 saturated carbocycles. The second-order valence-electron chi connectivity index (χ2n) is 7.43. The Balaban J connectivity index is 0.00000306. The molecule has 2 aromatic carbocycles. The van der Waals surface area contributed by atoms with Crippen molar-refractivity contribution in [2.24, 2.45) is 10.9 Å². The normalized spacial score (nSPS) is 16.5. The van der Waals surface area contributed by atoms with Crippen molar-refractivity contribution >= 4 is 47.2 Å². The van der Waals surface area contributed by atoms with Crippen LogP contribution in [0.4, 0.5) is 5.69 Å². The number of oxime groups is 1. The second-order valence-corrected chi connectivity index (χ2v) is 8.00. The lowest BCUT2D eigenvalue weighted by atomic mass is 9.89. The number of carbonyl (C=O) groups is 2. The summed E-state index contributed by atoms with van der Waals surface area (Å²) in [6.45, 7) is 0. The number of nitrogens with zero attached hydrogens (tertiary/aromatic N) is 2. The Bertz CT molecular complexity index is 1140. The minimum atomic E-state index is -1.50. The summed E-state index contributed by atoms with van der Waals surface area (Å²) in [4.78, 5) is 32.6. The van der Waals surface area contributed by atoms with E-state index in [0.29, 0.717) is 23.2 Å². The SMILES string of the molecule is Cl.NC(=O)C(Cl)(c1ccccc1)c1ccc(NC(=O)CC2CC(c3cccnc3)=NO2)cc1. The molecule has 9 heteroatoms. The van der Waals surface area contributed by atoms with Gasteiger partial charge in [0.05, 0.1) is 12.1 Å². The van der Waals surface area contributed by atoms with Crippen molar-refractivity contribution in [2.75, 3.05) is 5.32 Å². The number of hydrogen-bond donors (Lipinski definition) is 2. The van der Waals surface area contributed by atoms with Gasteiger partial charge in [-0.2, -0.15) is 0 Å². The van der Waals surface area contributed by atoms with Gasteiger partial charge in [0.2, 0.25) is 11.8 Å². The standard InChI is InChI=1S/C24H21ClN4O3.ClH/c25-24(23(26)31,17-6-2-1-3-7-17)18-8-10-19(11-9-18)28-22(30)14-20-13-21(29-32-20)16-5-4-12-27-15-16;/h1-12,15,20H,13-14H2,(H2,26,31)(H,28,30);1H. The van der Waals surface area contributed by atoms with Gasteiger partial charge in [0.15, 0.2) is 4.87 Å². The zero-order valence-corrected chi connectivity index (χ0v) is 19.1. The maximum Gasteiger partial charge on any atom is 0.247 e. The van der Waals surface area contributed by atoms with Gasteiger partial charge in [-0.15, -0.1) is 12.4 Å². The number of primary amides is 1. The van der Waals surface area contributed by atoms with Crippen molar-refractivity contribution in [2.45, 2.75) is 23.8 Å². The van der Waals surface area contributed by atoms with Gasteiger partial charge in [-0.25, -0.2) is 0 Å². The zero-order valence-electron chi connectivity index (χ0n) is 17.5. The Morgan fingerprint density at radius 1 is 1.06 bits per heavy atom. The summed E-state index contributed by atoms with van der Waals surface area (Å²) in [5.74, 6) is -0.884. The first-order chi connectivity index (χ1) is 15.5. The molecule has 0 radical (unpaired) electrons. The average Bonchev–Trinajstić information content (AvgIpc) is 3.28. The third-order valence-corrected chi connectivity index (χ3v) is 5.84. The molecule has 2 atom stereocenters. The molecule has 0 saturated heterocycles. The minimum Gasteiger partial charge on any atom is -0.391 e. The highest BCUT2D eigenvalue weighted by Crippen LogP contribution is 2.37. The second kappa shape index (κ2) is 10.5. The number of anilines is 1. The highest BCUT2D eigenvalue weighted by Gasteiger charge is 2.38. The zero-order chi connectivity index (χ0) is 22.6. The van der Waals surface area contributed by atoms with E-state index in [1.807, 2.05) is 18.2 Å². The molecule has 0 spiro atoms.